The van der Waals surface area contributed by atoms with Gasteiger partial charge in [-0.1, -0.05) is 6.07 Å². The van der Waals surface area contributed by atoms with Gasteiger partial charge in [-0.05, 0) is 47.5 Å². The largest absolute Gasteiger partial charge is 0.324 e. The second-order valence-corrected chi connectivity index (χ2v) is 4.60. The summed E-state index contributed by atoms with van der Waals surface area (Å²) in [5.41, 5.74) is 1.88. The lowest BCUT2D eigenvalue weighted by Crippen LogP contribution is -2.20. The van der Waals surface area contributed by atoms with Crippen molar-refractivity contribution in [2.45, 2.75) is 19.2 Å². The number of hydrogen-bond acceptors (Lipinski definition) is 1. The van der Waals surface area contributed by atoms with Crippen LogP contribution in [0.5, 0.6) is 0 Å². The molecular formula is C10H11BrClNO. The molecule has 0 fully saturated rings. The van der Waals surface area contributed by atoms with Gasteiger partial charge in [0.1, 0.15) is 5.38 Å². The van der Waals surface area contributed by atoms with Crippen molar-refractivity contribution in [3.63, 3.8) is 0 Å². The van der Waals surface area contributed by atoms with Crippen LogP contribution in [0, 0.1) is 6.92 Å². The van der Waals surface area contributed by atoms with E-state index in [4.69, 9.17) is 11.6 Å². The molecular weight excluding hydrogens is 265 g/mol. The van der Waals surface area contributed by atoms with Crippen LogP contribution in [0.4, 0.5) is 5.69 Å². The molecule has 0 spiro atoms. The van der Waals surface area contributed by atoms with Gasteiger partial charge in [-0.2, -0.15) is 0 Å². The Labute approximate surface area is 96.8 Å². The summed E-state index contributed by atoms with van der Waals surface area (Å²) in [6.07, 6.45) is 0. The third-order valence-electron chi connectivity index (χ3n) is 1.74. The van der Waals surface area contributed by atoms with Gasteiger partial charge in [-0.15, -0.1) is 11.6 Å². The van der Waals surface area contributed by atoms with Crippen LogP contribution in [0.25, 0.3) is 0 Å². The normalized spacial score (nSPS) is 12.3. The highest BCUT2D eigenvalue weighted by atomic mass is 79.9. The van der Waals surface area contributed by atoms with E-state index in [2.05, 4.69) is 21.2 Å². The average molecular weight is 277 g/mol. The third-order valence-corrected chi connectivity index (χ3v) is 2.60. The average Bonchev–Trinajstić information content (AvgIpc) is 2.09. The highest BCUT2D eigenvalue weighted by molar-refractivity contribution is 9.10. The number of halogens is 2. The van der Waals surface area contributed by atoms with Crippen LogP contribution in [0.3, 0.4) is 0 Å². The van der Waals surface area contributed by atoms with Crippen molar-refractivity contribution < 1.29 is 4.79 Å². The first-order chi connectivity index (χ1) is 6.50. The maximum atomic E-state index is 11.3. The molecule has 0 radical (unpaired) electrons. The molecule has 0 heterocycles. The summed E-state index contributed by atoms with van der Waals surface area (Å²) < 4.78 is 0.864. The summed E-state index contributed by atoms with van der Waals surface area (Å²) in [7, 11) is 0. The standard InChI is InChI=1S/C10H11BrClNO/c1-6-3-4-9(8(11)5-6)13-10(14)7(2)12/h3-5,7H,1-2H3,(H,13,14)/t7-/m0/s1. The molecule has 0 saturated carbocycles. The van der Waals surface area contributed by atoms with Gasteiger partial charge in [-0.3, -0.25) is 4.79 Å². The molecule has 14 heavy (non-hydrogen) atoms. The van der Waals surface area contributed by atoms with E-state index in [9.17, 15) is 4.79 Å². The fourth-order valence-electron chi connectivity index (χ4n) is 0.954. The lowest BCUT2D eigenvalue weighted by atomic mass is 10.2. The Hall–Kier alpha value is -0.540. The molecule has 1 amide bonds. The van der Waals surface area contributed by atoms with Gasteiger partial charge in [-0.25, -0.2) is 0 Å². The van der Waals surface area contributed by atoms with Gasteiger partial charge in [0.05, 0.1) is 5.69 Å². The molecule has 0 aliphatic heterocycles. The Morgan fingerprint density at radius 2 is 2.21 bits per heavy atom. The fourth-order valence-corrected chi connectivity index (χ4v) is 1.60. The molecule has 1 rings (SSSR count). The molecule has 1 aromatic carbocycles. The summed E-state index contributed by atoms with van der Waals surface area (Å²) in [5.74, 6) is -0.198. The quantitative estimate of drug-likeness (QED) is 0.825. The molecule has 76 valence electrons. The third kappa shape index (κ3) is 3.00. The van der Waals surface area contributed by atoms with E-state index in [0.29, 0.717) is 0 Å². The van der Waals surface area contributed by atoms with Gasteiger partial charge < -0.3 is 5.32 Å². The maximum Gasteiger partial charge on any atom is 0.242 e. The smallest absolute Gasteiger partial charge is 0.242 e. The van der Waals surface area contributed by atoms with Crippen LogP contribution in [-0.2, 0) is 4.79 Å². The van der Waals surface area contributed by atoms with Crippen molar-refractivity contribution in [1.82, 2.24) is 0 Å². The van der Waals surface area contributed by atoms with E-state index in [1.165, 1.54) is 0 Å². The molecule has 0 unspecified atom stereocenters. The molecule has 0 aromatic heterocycles. The van der Waals surface area contributed by atoms with Crippen LogP contribution >= 0.6 is 27.5 Å². The van der Waals surface area contributed by atoms with Crippen LogP contribution in [0.15, 0.2) is 22.7 Å². The Balaban J connectivity index is 2.82. The number of rotatable bonds is 2. The number of hydrogen-bond donors (Lipinski definition) is 1. The Morgan fingerprint density at radius 3 is 2.71 bits per heavy atom. The fraction of sp³-hybridized carbons (Fsp3) is 0.300. The van der Waals surface area contributed by atoms with Gasteiger partial charge in [0, 0.05) is 4.47 Å². The molecule has 0 aliphatic carbocycles. The van der Waals surface area contributed by atoms with Crippen molar-refractivity contribution in [1.29, 1.82) is 0 Å². The zero-order chi connectivity index (χ0) is 10.7. The zero-order valence-electron chi connectivity index (χ0n) is 7.97. The van der Waals surface area contributed by atoms with E-state index in [0.717, 1.165) is 15.7 Å². The van der Waals surface area contributed by atoms with E-state index < -0.39 is 5.38 Å². The summed E-state index contributed by atoms with van der Waals surface area (Å²) in [6.45, 7) is 3.62. The van der Waals surface area contributed by atoms with Gasteiger partial charge in [0.15, 0.2) is 0 Å². The Bertz CT molecular complexity index is 352. The summed E-state index contributed by atoms with van der Waals surface area (Å²) >= 11 is 9.00. The number of aryl methyl sites for hydroxylation is 1. The molecule has 1 aromatic rings. The van der Waals surface area contributed by atoms with Crippen molar-refractivity contribution >= 4 is 39.1 Å². The number of alkyl halides is 1. The topological polar surface area (TPSA) is 29.1 Å². The van der Waals surface area contributed by atoms with Gasteiger partial charge >= 0.3 is 0 Å². The van der Waals surface area contributed by atoms with Crippen molar-refractivity contribution in [3.05, 3.63) is 28.2 Å². The molecule has 0 bridgehead atoms. The monoisotopic (exact) mass is 275 g/mol. The summed E-state index contributed by atoms with van der Waals surface area (Å²) in [4.78, 5) is 11.3. The lowest BCUT2D eigenvalue weighted by molar-refractivity contribution is -0.115. The first-order valence-electron chi connectivity index (χ1n) is 4.22. The number of amides is 1. The maximum absolute atomic E-state index is 11.3. The predicted molar refractivity (Wildman–Crippen MR) is 62.8 cm³/mol. The molecule has 4 heteroatoms. The number of anilines is 1. The van der Waals surface area contributed by atoms with E-state index in [1.807, 2.05) is 25.1 Å². The van der Waals surface area contributed by atoms with Crippen LogP contribution in [-0.4, -0.2) is 11.3 Å². The minimum atomic E-state index is -0.525. The summed E-state index contributed by atoms with van der Waals surface area (Å²) in [5, 5.41) is 2.19. The van der Waals surface area contributed by atoms with Crippen molar-refractivity contribution in [2.24, 2.45) is 0 Å². The summed E-state index contributed by atoms with van der Waals surface area (Å²) in [6, 6.07) is 5.71. The van der Waals surface area contributed by atoms with Crippen molar-refractivity contribution in [2.75, 3.05) is 5.32 Å². The lowest BCUT2D eigenvalue weighted by Gasteiger charge is -2.08. The Morgan fingerprint density at radius 1 is 1.57 bits per heavy atom. The molecule has 0 aliphatic rings. The van der Waals surface area contributed by atoms with E-state index in [1.54, 1.807) is 6.92 Å². The van der Waals surface area contributed by atoms with Gasteiger partial charge in [0.25, 0.3) is 0 Å². The first kappa shape index (κ1) is 11.5. The molecule has 2 nitrogen and oxygen atoms in total. The number of nitrogens with one attached hydrogen (secondary N) is 1. The first-order valence-corrected chi connectivity index (χ1v) is 5.44. The molecule has 1 N–H and O–H groups in total. The minimum Gasteiger partial charge on any atom is -0.324 e. The number of carbonyl (C=O) groups is 1. The second-order valence-electron chi connectivity index (χ2n) is 3.09. The highest BCUT2D eigenvalue weighted by Gasteiger charge is 2.10. The van der Waals surface area contributed by atoms with Crippen molar-refractivity contribution in [3.8, 4) is 0 Å². The number of carbonyl (C=O) groups excluding carboxylic acids is 1. The zero-order valence-corrected chi connectivity index (χ0v) is 10.3. The van der Waals surface area contributed by atoms with Crippen LogP contribution in [0.1, 0.15) is 12.5 Å². The van der Waals surface area contributed by atoms with Crippen LogP contribution < -0.4 is 5.32 Å². The van der Waals surface area contributed by atoms with Crippen LogP contribution in [0.2, 0.25) is 0 Å². The van der Waals surface area contributed by atoms with E-state index >= 15 is 0 Å². The second kappa shape index (κ2) is 4.80. The SMILES string of the molecule is Cc1ccc(NC(=O)[C@H](C)Cl)c(Br)c1. The molecule has 1 atom stereocenters. The molecule has 0 saturated heterocycles. The highest BCUT2D eigenvalue weighted by Crippen LogP contribution is 2.23. The van der Waals surface area contributed by atoms with Gasteiger partial charge in [0.2, 0.25) is 5.91 Å². The minimum absolute atomic E-state index is 0.198. The Kier molecular flexibility index (Phi) is 3.96. The number of benzene rings is 1. The van der Waals surface area contributed by atoms with E-state index in [-0.39, 0.29) is 5.91 Å². The predicted octanol–water partition coefficient (Wildman–Crippen LogP) is 3.32.